The zero-order valence-electron chi connectivity index (χ0n) is 12.0. The SMILES string of the molecule is CC(C)C(=O)Nc1cccc(NC(C)c2ccco2)c1. The summed E-state index contributed by atoms with van der Waals surface area (Å²) >= 11 is 0. The van der Waals surface area contributed by atoms with Gasteiger partial charge in [0.25, 0.3) is 0 Å². The molecule has 1 atom stereocenters. The van der Waals surface area contributed by atoms with Gasteiger partial charge in [-0.2, -0.15) is 0 Å². The third-order valence-electron chi connectivity index (χ3n) is 3.01. The molecule has 2 aromatic rings. The first-order valence-corrected chi connectivity index (χ1v) is 6.77. The highest BCUT2D eigenvalue weighted by Crippen LogP contribution is 2.22. The minimum absolute atomic E-state index is 0.0150. The van der Waals surface area contributed by atoms with E-state index in [1.54, 1.807) is 6.26 Å². The fourth-order valence-corrected chi connectivity index (χ4v) is 1.83. The third kappa shape index (κ3) is 3.63. The molecule has 0 aliphatic carbocycles. The highest BCUT2D eigenvalue weighted by molar-refractivity contribution is 5.92. The summed E-state index contributed by atoms with van der Waals surface area (Å²) in [6.07, 6.45) is 1.66. The summed E-state index contributed by atoms with van der Waals surface area (Å²) < 4.78 is 5.36. The number of furan rings is 1. The molecule has 1 unspecified atom stereocenters. The second kappa shape index (κ2) is 6.28. The summed E-state index contributed by atoms with van der Waals surface area (Å²) in [5.41, 5.74) is 1.73. The molecule has 0 aliphatic rings. The third-order valence-corrected chi connectivity index (χ3v) is 3.01. The van der Waals surface area contributed by atoms with Gasteiger partial charge >= 0.3 is 0 Å². The molecule has 0 bridgehead atoms. The van der Waals surface area contributed by atoms with Crippen molar-refractivity contribution in [2.75, 3.05) is 10.6 Å². The average Bonchev–Trinajstić information content (AvgIpc) is 2.92. The van der Waals surface area contributed by atoms with Crippen molar-refractivity contribution in [3.8, 4) is 0 Å². The lowest BCUT2D eigenvalue weighted by Gasteiger charge is -2.14. The molecule has 4 nitrogen and oxygen atoms in total. The molecule has 0 saturated heterocycles. The summed E-state index contributed by atoms with van der Waals surface area (Å²) in [5, 5.41) is 6.23. The Kier molecular flexibility index (Phi) is 4.45. The van der Waals surface area contributed by atoms with Gasteiger partial charge in [0, 0.05) is 17.3 Å². The van der Waals surface area contributed by atoms with E-state index in [0.29, 0.717) is 0 Å². The molecule has 0 fully saturated rings. The summed E-state index contributed by atoms with van der Waals surface area (Å²) in [7, 11) is 0. The first-order chi connectivity index (χ1) is 9.56. The van der Waals surface area contributed by atoms with Crippen LogP contribution in [0, 0.1) is 5.92 Å². The zero-order chi connectivity index (χ0) is 14.5. The number of rotatable bonds is 5. The van der Waals surface area contributed by atoms with E-state index in [-0.39, 0.29) is 17.9 Å². The number of carbonyl (C=O) groups excluding carboxylic acids is 1. The minimum atomic E-state index is -0.0337. The van der Waals surface area contributed by atoms with Gasteiger partial charge in [-0.05, 0) is 37.3 Å². The van der Waals surface area contributed by atoms with E-state index in [4.69, 9.17) is 4.42 Å². The van der Waals surface area contributed by atoms with Crippen molar-refractivity contribution in [2.45, 2.75) is 26.8 Å². The second-order valence-electron chi connectivity index (χ2n) is 5.11. The van der Waals surface area contributed by atoms with Crippen LogP contribution >= 0.6 is 0 Å². The maximum absolute atomic E-state index is 11.7. The topological polar surface area (TPSA) is 54.3 Å². The van der Waals surface area contributed by atoms with Gasteiger partial charge in [-0.25, -0.2) is 0 Å². The number of amides is 1. The van der Waals surface area contributed by atoms with E-state index in [2.05, 4.69) is 10.6 Å². The van der Waals surface area contributed by atoms with Crippen molar-refractivity contribution in [3.05, 3.63) is 48.4 Å². The Bertz CT molecular complexity index is 562. The molecule has 0 spiro atoms. The van der Waals surface area contributed by atoms with Gasteiger partial charge in [0.1, 0.15) is 5.76 Å². The van der Waals surface area contributed by atoms with E-state index in [0.717, 1.165) is 17.1 Å². The van der Waals surface area contributed by atoms with Gasteiger partial charge < -0.3 is 15.1 Å². The van der Waals surface area contributed by atoms with Crippen LogP contribution in [0.4, 0.5) is 11.4 Å². The number of carbonyl (C=O) groups is 1. The van der Waals surface area contributed by atoms with E-state index < -0.39 is 0 Å². The Balaban J connectivity index is 2.04. The van der Waals surface area contributed by atoms with E-state index >= 15 is 0 Å². The Labute approximate surface area is 119 Å². The van der Waals surface area contributed by atoms with Crippen LogP contribution in [0.5, 0.6) is 0 Å². The molecule has 0 saturated carbocycles. The van der Waals surface area contributed by atoms with Crippen molar-refractivity contribution in [2.24, 2.45) is 5.92 Å². The summed E-state index contributed by atoms with van der Waals surface area (Å²) in [6, 6.07) is 11.5. The number of hydrogen-bond donors (Lipinski definition) is 2. The first kappa shape index (κ1) is 14.2. The minimum Gasteiger partial charge on any atom is -0.467 e. The smallest absolute Gasteiger partial charge is 0.226 e. The van der Waals surface area contributed by atoms with Gasteiger partial charge in [0.05, 0.1) is 12.3 Å². The maximum Gasteiger partial charge on any atom is 0.226 e. The van der Waals surface area contributed by atoms with Crippen molar-refractivity contribution in [3.63, 3.8) is 0 Å². The molecule has 2 rings (SSSR count). The number of hydrogen-bond acceptors (Lipinski definition) is 3. The predicted octanol–water partition coefficient (Wildman–Crippen LogP) is 4.05. The van der Waals surface area contributed by atoms with Crippen molar-refractivity contribution < 1.29 is 9.21 Å². The molecule has 0 radical (unpaired) electrons. The molecule has 4 heteroatoms. The fraction of sp³-hybridized carbons (Fsp3) is 0.312. The van der Waals surface area contributed by atoms with Gasteiger partial charge in [0.2, 0.25) is 5.91 Å². The summed E-state index contributed by atoms with van der Waals surface area (Å²) in [5.74, 6) is 0.858. The Hall–Kier alpha value is -2.23. The second-order valence-corrected chi connectivity index (χ2v) is 5.11. The Morgan fingerprint density at radius 1 is 1.10 bits per heavy atom. The standard InChI is InChI=1S/C16H20N2O2/c1-11(2)16(19)18-14-7-4-6-13(10-14)17-12(3)15-8-5-9-20-15/h4-12,17H,1-3H3,(H,18,19). The molecule has 2 N–H and O–H groups in total. The van der Waals surface area contributed by atoms with Crippen LogP contribution in [0.2, 0.25) is 0 Å². The lowest BCUT2D eigenvalue weighted by Crippen LogP contribution is -2.17. The molecule has 1 aromatic carbocycles. The van der Waals surface area contributed by atoms with Gasteiger partial charge in [-0.1, -0.05) is 19.9 Å². The van der Waals surface area contributed by atoms with Crippen LogP contribution in [0.15, 0.2) is 47.1 Å². The fourth-order valence-electron chi connectivity index (χ4n) is 1.83. The number of benzene rings is 1. The summed E-state index contributed by atoms with van der Waals surface area (Å²) in [6.45, 7) is 5.77. The van der Waals surface area contributed by atoms with Crippen LogP contribution in [-0.2, 0) is 4.79 Å². The molecular weight excluding hydrogens is 252 g/mol. The molecular formula is C16H20N2O2. The maximum atomic E-state index is 11.7. The monoisotopic (exact) mass is 272 g/mol. The molecule has 1 heterocycles. The van der Waals surface area contributed by atoms with Crippen LogP contribution in [0.3, 0.4) is 0 Å². The lowest BCUT2D eigenvalue weighted by molar-refractivity contribution is -0.118. The van der Waals surface area contributed by atoms with Crippen LogP contribution < -0.4 is 10.6 Å². The van der Waals surface area contributed by atoms with Crippen molar-refractivity contribution >= 4 is 17.3 Å². The highest BCUT2D eigenvalue weighted by Gasteiger charge is 2.10. The van der Waals surface area contributed by atoms with E-state index in [1.807, 2.05) is 57.2 Å². The lowest BCUT2D eigenvalue weighted by atomic mass is 10.2. The molecule has 1 amide bonds. The van der Waals surface area contributed by atoms with Gasteiger partial charge in [-0.3, -0.25) is 4.79 Å². The van der Waals surface area contributed by atoms with Gasteiger partial charge in [0.15, 0.2) is 0 Å². The van der Waals surface area contributed by atoms with Crippen molar-refractivity contribution in [1.29, 1.82) is 0 Å². The Morgan fingerprint density at radius 3 is 2.50 bits per heavy atom. The van der Waals surface area contributed by atoms with Crippen molar-refractivity contribution in [1.82, 2.24) is 0 Å². The predicted molar refractivity (Wildman–Crippen MR) is 80.7 cm³/mol. The average molecular weight is 272 g/mol. The van der Waals surface area contributed by atoms with E-state index in [1.165, 1.54) is 0 Å². The zero-order valence-corrected chi connectivity index (χ0v) is 12.0. The summed E-state index contributed by atoms with van der Waals surface area (Å²) in [4.78, 5) is 11.7. The molecule has 20 heavy (non-hydrogen) atoms. The van der Waals surface area contributed by atoms with Crippen LogP contribution in [0.25, 0.3) is 0 Å². The van der Waals surface area contributed by atoms with Crippen LogP contribution in [0.1, 0.15) is 32.6 Å². The molecule has 106 valence electrons. The normalized spacial score (nSPS) is 12.2. The quantitative estimate of drug-likeness (QED) is 0.863. The highest BCUT2D eigenvalue weighted by atomic mass is 16.3. The largest absolute Gasteiger partial charge is 0.467 e. The number of nitrogens with one attached hydrogen (secondary N) is 2. The van der Waals surface area contributed by atoms with E-state index in [9.17, 15) is 4.79 Å². The Morgan fingerprint density at radius 2 is 1.85 bits per heavy atom. The number of anilines is 2. The first-order valence-electron chi connectivity index (χ1n) is 6.77. The van der Waals surface area contributed by atoms with Crippen LogP contribution in [-0.4, -0.2) is 5.91 Å². The van der Waals surface area contributed by atoms with Gasteiger partial charge in [-0.15, -0.1) is 0 Å². The molecule has 1 aromatic heterocycles. The molecule has 0 aliphatic heterocycles.